The van der Waals surface area contributed by atoms with Gasteiger partial charge in [0.05, 0.1) is 4.47 Å². The maximum Gasteiger partial charge on any atom is 0.456 e. The van der Waals surface area contributed by atoms with Crippen LogP contribution in [0.3, 0.4) is 0 Å². The molecule has 16 heavy (non-hydrogen) atoms. The number of hydrogen-bond acceptors (Lipinski definition) is 1. The fourth-order valence-corrected chi connectivity index (χ4v) is 1.21. The third kappa shape index (κ3) is 3.07. The molecule has 0 amide bonds. The first kappa shape index (κ1) is 13.2. The number of halogens is 6. The molecule has 0 aromatic heterocycles. The molecule has 1 aromatic rings. The Morgan fingerprint density at radius 1 is 1.06 bits per heavy atom. The SMILES string of the molecule is FC(F)(F)C(F)(F)COc1ccccc1Br. The van der Waals surface area contributed by atoms with Crippen molar-refractivity contribution >= 4 is 15.9 Å². The van der Waals surface area contributed by atoms with Crippen LogP contribution in [-0.4, -0.2) is 18.7 Å². The molecule has 0 aliphatic carbocycles. The highest BCUT2D eigenvalue weighted by molar-refractivity contribution is 9.10. The summed E-state index contributed by atoms with van der Waals surface area (Å²) in [5, 5.41) is 0. The van der Waals surface area contributed by atoms with Gasteiger partial charge in [-0.1, -0.05) is 12.1 Å². The van der Waals surface area contributed by atoms with Crippen LogP contribution in [0.2, 0.25) is 0 Å². The molecular weight excluding hydrogens is 299 g/mol. The highest BCUT2D eigenvalue weighted by Crippen LogP contribution is 2.36. The molecule has 0 bridgehead atoms. The molecule has 0 aliphatic rings. The Morgan fingerprint density at radius 2 is 1.62 bits per heavy atom. The molecule has 0 fully saturated rings. The summed E-state index contributed by atoms with van der Waals surface area (Å²) >= 11 is 2.96. The van der Waals surface area contributed by atoms with Gasteiger partial charge in [0.2, 0.25) is 0 Å². The molecule has 90 valence electrons. The van der Waals surface area contributed by atoms with E-state index < -0.39 is 18.7 Å². The van der Waals surface area contributed by atoms with E-state index in [4.69, 9.17) is 0 Å². The van der Waals surface area contributed by atoms with Crippen LogP contribution in [-0.2, 0) is 0 Å². The quantitative estimate of drug-likeness (QED) is 0.766. The lowest BCUT2D eigenvalue weighted by molar-refractivity contribution is -0.290. The largest absolute Gasteiger partial charge is 0.486 e. The first-order valence-corrected chi connectivity index (χ1v) is 4.85. The van der Waals surface area contributed by atoms with Gasteiger partial charge >= 0.3 is 12.1 Å². The third-order valence-corrected chi connectivity index (χ3v) is 2.32. The van der Waals surface area contributed by atoms with Crippen LogP contribution in [0.5, 0.6) is 5.75 Å². The predicted octanol–water partition coefficient (Wildman–Crippen LogP) is 4.03. The topological polar surface area (TPSA) is 9.23 Å². The lowest BCUT2D eigenvalue weighted by atomic mass is 10.3. The molecular formula is C9H6BrF5O. The minimum absolute atomic E-state index is 0.0635. The Morgan fingerprint density at radius 3 is 2.12 bits per heavy atom. The standard InChI is InChI=1S/C9H6BrF5O/c10-6-3-1-2-4-7(6)16-5-8(11,12)9(13,14)15/h1-4H,5H2. The number of alkyl halides is 5. The Labute approximate surface area is 96.3 Å². The second-order valence-corrected chi connectivity index (χ2v) is 3.78. The van der Waals surface area contributed by atoms with Crippen LogP contribution in [0, 0.1) is 0 Å². The summed E-state index contributed by atoms with van der Waals surface area (Å²) in [4.78, 5) is 0. The van der Waals surface area contributed by atoms with E-state index in [-0.39, 0.29) is 5.75 Å². The fraction of sp³-hybridized carbons (Fsp3) is 0.333. The summed E-state index contributed by atoms with van der Waals surface area (Å²) in [7, 11) is 0. The van der Waals surface area contributed by atoms with Crippen molar-refractivity contribution in [3.63, 3.8) is 0 Å². The van der Waals surface area contributed by atoms with E-state index in [1.807, 2.05) is 0 Å². The van der Waals surface area contributed by atoms with Crippen LogP contribution in [0.4, 0.5) is 22.0 Å². The second kappa shape index (κ2) is 4.57. The Balaban J connectivity index is 2.69. The van der Waals surface area contributed by atoms with E-state index >= 15 is 0 Å². The lowest BCUT2D eigenvalue weighted by Gasteiger charge is -2.20. The van der Waals surface area contributed by atoms with E-state index in [1.54, 1.807) is 6.07 Å². The molecule has 1 rings (SSSR count). The van der Waals surface area contributed by atoms with Gasteiger partial charge in [-0.15, -0.1) is 0 Å². The zero-order valence-corrected chi connectivity index (χ0v) is 9.28. The summed E-state index contributed by atoms with van der Waals surface area (Å²) in [5.74, 6) is -4.92. The zero-order chi connectivity index (χ0) is 12.4. The molecule has 1 nitrogen and oxygen atoms in total. The fourth-order valence-electron chi connectivity index (χ4n) is 0.812. The highest BCUT2D eigenvalue weighted by atomic mass is 79.9. The minimum Gasteiger partial charge on any atom is -0.486 e. The van der Waals surface area contributed by atoms with E-state index in [9.17, 15) is 22.0 Å². The first-order valence-electron chi connectivity index (χ1n) is 4.06. The van der Waals surface area contributed by atoms with Crippen LogP contribution in [0.15, 0.2) is 28.7 Å². The van der Waals surface area contributed by atoms with Crippen molar-refractivity contribution < 1.29 is 26.7 Å². The van der Waals surface area contributed by atoms with Crippen LogP contribution in [0.1, 0.15) is 0 Å². The molecule has 0 heterocycles. The van der Waals surface area contributed by atoms with Gasteiger partial charge in [-0.25, -0.2) is 0 Å². The Kier molecular flexibility index (Phi) is 3.77. The van der Waals surface area contributed by atoms with Crippen molar-refractivity contribution in [2.24, 2.45) is 0 Å². The van der Waals surface area contributed by atoms with Gasteiger partial charge in [-0.05, 0) is 28.1 Å². The first-order chi connectivity index (χ1) is 7.24. The predicted molar refractivity (Wildman–Crippen MR) is 50.6 cm³/mol. The Hall–Kier alpha value is -0.850. The molecule has 0 aliphatic heterocycles. The van der Waals surface area contributed by atoms with Crippen molar-refractivity contribution in [3.8, 4) is 5.75 Å². The number of rotatable bonds is 3. The average Bonchev–Trinajstić information content (AvgIpc) is 2.15. The summed E-state index contributed by atoms with van der Waals surface area (Å²) in [6.45, 7) is -1.74. The van der Waals surface area contributed by atoms with E-state index in [0.29, 0.717) is 4.47 Å². The van der Waals surface area contributed by atoms with Gasteiger partial charge in [0, 0.05) is 0 Å². The van der Waals surface area contributed by atoms with Gasteiger partial charge in [0.25, 0.3) is 0 Å². The van der Waals surface area contributed by atoms with Crippen molar-refractivity contribution in [1.29, 1.82) is 0 Å². The van der Waals surface area contributed by atoms with Gasteiger partial charge < -0.3 is 4.74 Å². The van der Waals surface area contributed by atoms with Gasteiger partial charge in [0.1, 0.15) is 5.75 Å². The number of hydrogen-bond donors (Lipinski definition) is 0. The molecule has 1 aromatic carbocycles. The second-order valence-electron chi connectivity index (χ2n) is 2.92. The maximum atomic E-state index is 12.5. The maximum absolute atomic E-state index is 12.5. The van der Waals surface area contributed by atoms with Gasteiger partial charge in [-0.2, -0.15) is 22.0 Å². The minimum atomic E-state index is -5.60. The van der Waals surface area contributed by atoms with Crippen LogP contribution in [0.25, 0.3) is 0 Å². The molecule has 0 saturated heterocycles. The van der Waals surface area contributed by atoms with Crippen LogP contribution >= 0.6 is 15.9 Å². The van der Waals surface area contributed by atoms with Crippen molar-refractivity contribution in [3.05, 3.63) is 28.7 Å². The monoisotopic (exact) mass is 304 g/mol. The van der Waals surface area contributed by atoms with E-state index in [0.717, 1.165) is 0 Å². The zero-order valence-electron chi connectivity index (χ0n) is 7.69. The number of benzene rings is 1. The van der Waals surface area contributed by atoms with Crippen LogP contribution < -0.4 is 4.74 Å². The molecule has 0 spiro atoms. The molecule has 0 N–H and O–H groups in total. The molecule has 7 heteroatoms. The normalized spacial score (nSPS) is 12.6. The molecule has 0 atom stereocenters. The number of ether oxygens (including phenoxy) is 1. The van der Waals surface area contributed by atoms with E-state index in [1.165, 1.54) is 18.2 Å². The third-order valence-electron chi connectivity index (χ3n) is 1.66. The van der Waals surface area contributed by atoms with E-state index in [2.05, 4.69) is 20.7 Å². The summed E-state index contributed by atoms with van der Waals surface area (Å²) in [6, 6.07) is 5.81. The molecule has 0 radical (unpaired) electrons. The Bertz CT molecular complexity index is 363. The lowest BCUT2D eigenvalue weighted by Crippen LogP contribution is -2.41. The van der Waals surface area contributed by atoms with Crippen molar-refractivity contribution in [1.82, 2.24) is 0 Å². The van der Waals surface area contributed by atoms with Crippen molar-refractivity contribution in [2.75, 3.05) is 6.61 Å². The van der Waals surface area contributed by atoms with Gasteiger partial charge in [-0.3, -0.25) is 0 Å². The summed E-state index contributed by atoms with van der Waals surface area (Å²) in [5.41, 5.74) is 0. The summed E-state index contributed by atoms with van der Waals surface area (Å²) < 4.78 is 65.1. The smallest absolute Gasteiger partial charge is 0.456 e. The average molecular weight is 305 g/mol. The van der Waals surface area contributed by atoms with Crippen molar-refractivity contribution in [2.45, 2.75) is 12.1 Å². The summed E-state index contributed by atoms with van der Waals surface area (Å²) in [6.07, 6.45) is -5.60. The molecule has 0 unspecified atom stereocenters. The molecule has 0 saturated carbocycles. The number of para-hydroxylation sites is 1. The highest BCUT2D eigenvalue weighted by Gasteiger charge is 2.58. The van der Waals surface area contributed by atoms with Gasteiger partial charge in [0.15, 0.2) is 6.61 Å².